The molecule has 0 spiro atoms. The standard InChI is InChI=1S/C17H18ClNO/c1-12-3-7-15(8-4-12)13(2)19-17(20)16-9-5-14(11-18)6-10-16/h3-10,13H,11H2,1-2H3,(H,19,20)/t13-/m1/s1. The fourth-order valence-corrected chi connectivity index (χ4v) is 2.14. The molecular formula is C17H18ClNO. The lowest BCUT2D eigenvalue weighted by Crippen LogP contribution is -2.26. The summed E-state index contributed by atoms with van der Waals surface area (Å²) in [5.74, 6) is 0.390. The van der Waals surface area contributed by atoms with Gasteiger partial charge in [0, 0.05) is 11.4 Å². The number of hydrogen-bond acceptors (Lipinski definition) is 1. The first-order chi connectivity index (χ1) is 9.60. The average Bonchev–Trinajstić information content (AvgIpc) is 2.48. The van der Waals surface area contributed by atoms with Crippen molar-refractivity contribution >= 4 is 17.5 Å². The summed E-state index contributed by atoms with van der Waals surface area (Å²) in [5, 5.41) is 3.00. The van der Waals surface area contributed by atoms with Gasteiger partial charge in [0.15, 0.2) is 0 Å². The van der Waals surface area contributed by atoms with E-state index in [1.807, 2.05) is 50.2 Å². The summed E-state index contributed by atoms with van der Waals surface area (Å²) in [4.78, 5) is 12.2. The Morgan fingerprint density at radius 3 is 2.25 bits per heavy atom. The van der Waals surface area contributed by atoms with Crippen LogP contribution in [0.2, 0.25) is 0 Å². The molecule has 0 bridgehead atoms. The quantitative estimate of drug-likeness (QED) is 0.838. The van der Waals surface area contributed by atoms with E-state index < -0.39 is 0 Å². The molecule has 0 aliphatic heterocycles. The van der Waals surface area contributed by atoms with E-state index in [4.69, 9.17) is 11.6 Å². The molecule has 0 aromatic heterocycles. The molecule has 1 atom stereocenters. The number of aryl methyl sites for hydroxylation is 1. The lowest BCUT2D eigenvalue weighted by atomic mass is 10.1. The Bertz CT molecular complexity index is 575. The van der Waals surface area contributed by atoms with Crippen LogP contribution in [0.15, 0.2) is 48.5 Å². The summed E-state index contributed by atoms with van der Waals surface area (Å²) < 4.78 is 0. The van der Waals surface area contributed by atoms with Crippen molar-refractivity contribution in [1.29, 1.82) is 0 Å². The number of alkyl halides is 1. The summed E-state index contributed by atoms with van der Waals surface area (Å²) in [6.07, 6.45) is 0. The van der Waals surface area contributed by atoms with E-state index in [0.717, 1.165) is 11.1 Å². The van der Waals surface area contributed by atoms with Crippen LogP contribution in [0, 0.1) is 6.92 Å². The maximum atomic E-state index is 12.2. The van der Waals surface area contributed by atoms with Gasteiger partial charge in [-0.2, -0.15) is 0 Å². The van der Waals surface area contributed by atoms with Gasteiger partial charge in [-0.3, -0.25) is 4.79 Å². The third-order valence-corrected chi connectivity index (χ3v) is 3.60. The molecule has 2 aromatic carbocycles. The van der Waals surface area contributed by atoms with Gasteiger partial charge >= 0.3 is 0 Å². The van der Waals surface area contributed by atoms with Gasteiger partial charge in [0.2, 0.25) is 0 Å². The third kappa shape index (κ3) is 3.61. The Hall–Kier alpha value is -1.80. The summed E-state index contributed by atoms with van der Waals surface area (Å²) >= 11 is 5.74. The van der Waals surface area contributed by atoms with Crippen LogP contribution in [0.5, 0.6) is 0 Å². The largest absolute Gasteiger partial charge is 0.346 e. The SMILES string of the molecule is Cc1ccc([C@@H](C)NC(=O)c2ccc(CCl)cc2)cc1. The molecule has 20 heavy (non-hydrogen) atoms. The van der Waals surface area contributed by atoms with Crippen molar-refractivity contribution in [3.8, 4) is 0 Å². The number of hydrogen-bond donors (Lipinski definition) is 1. The van der Waals surface area contributed by atoms with Crippen LogP contribution in [-0.2, 0) is 5.88 Å². The van der Waals surface area contributed by atoms with E-state index in [2.05, 4.69) is 5.32 Å². The maximum Gasteiger partial charge on any atom is 0.251 e. The molecule has 0 aliphatic carbocycles. The second-order valence-corrected chi connectivity index (χ2v) is 5.20. The number of carbonyl (C=O) groups is 1. The first-order valence-electron chi connectivity index (χ1n) is 6.62. The minimum absolute atomic E-state index is 0.0178. The Balaban J connectivity index is 2.04. The van der Waals surface area contributed by atoms with Crippen LogP contribution < -0.4 is 5.32 Å². The zero-order valence-electron chi connectivity index (χ0n) is 11.7. The van der Waals surface area contributed by atoms with Crippen LogP contribution in [0.25, 0.3) is 0 Å². The zero-order valence-corrected chi connectivity index (χ0v) is 12.4. The smallest absolute Gasteiger partial charge is 0.251 e. The Labute approximate surface area is 124 Å². The molecule has 0 saturated carbocycles. The van der Waals surface area contributed by atoms with Gasteiger partial charge in [-0.15, -0.1) is 11.6 Å². The number of amides is 1. The van der Waals surface area contributed by atoms with Gasteiger partial charge in [-0.05, 0) is 37.1 Å². The highest BCUT2D eigenvalue weighted by Gasteiger charge is 2.11. The minimum atomic E-state index is -0.0702. The molecule has 2 rings (SSSR count). The molecule has 104 valence electrons. The first-order valence-corrected chi connectivity index (χ1v) is 7.16. The normalized spacial score (nSPS) is 11.9. The lowest BCUT2D eigenvalue weighted by molar-refractivity contribution is 0.0940. The molecule has 0 aliphatic rings. The third-order valence-electron chi connectivity index (χ3n) is 3.30. The fourth-order valence-electron chi connectivity index (χ4n) is 1.96. The van der Waals surface area contributed by atoms with E-state index >= 15 is 0 Å². The zero-order chi connectivity index (χ0) is 14.5. The van der Waals surface area contributed by atoms with Gasteiger partial charge in [-0.1, -0.05) is 42.0 Å². The number of rotatable bonds is 4. The van der Waals surface area contributed by atoms with Crippen LogP contribution in [0.3, 0.4) is 0 Å². The molecule has 1 N–H and O–H groups in total. The highest BCUT2D eigenvalue weighted by Crippen LogP contribution is 2.14. The van der Waals surface area contributed by atoms with E-state index in [1.165, 1.54) is 5.56 Å². The summed E-state index contributed by atoms with van der Waals surface area (Å²) in [5.41, 5.74) is 3.97. The predicted octanol–water partition coefficient (Wildman–Crippen LogP) is 4.22. The number of benzene rings is 2. The molecule has 0 saturated heterocycles. The maximum absolute atomic E-state index is 12.2. The van der Waals surface area contributed by atoms with Crippen LogP contribution in [0.1, 0.15) is 40.0 Å². The Morgan fingerprint density at radius 1 is 1.10 bits per heavy atom. The average molecular weight is 288 g/mol. The summed E-state index contributed by atoms with van der Waals surface area (Å²) in [7, 11) is 0. The number of carbonyl (C=O) groups excluding carboxylic acids is 1. The van der Waals surface area contributed by atoms with Crippen LogP contribution >= 0.6 is 11.6 Å². The molecule has 2 aromatic rings. The van der Waals surface area contributed by atoms with Crippen molar-refractivity contribution in [2.24, 2.45) is 0 Å². The highest BCUT2D eigenvalue weighted by molar-refractivity contribution is 6.17. The van der Waals surface area contributed by atoms with E-state index in [-0.39, 0.29) is 11.9 Å². The molecule has 0 heterocycles. The van der Waals surface area contributed by atoms with E-state index in [1.54, 1.807) is 12.1 Å². The molecule has 1 amide bonds. The van der Waals surface area contributed by atoms with Crippen molar-refractivity contribution in [3.63, 3.8) is 0 Å². The molecule has 3 heteroatoms. The van der Waals surface area contributed by atoms with Gasteiger partial charge in [0.05, 0.1) is 6.04 Å². The molecule has 0 fully saturated rings. The minimum Gasteiger partial charge on any atom is -0.346 e. The lowest BCUT2D eigenvalue weighted by Gasteiger charge is -2.14. The van der Waals surface area contributed by atoms with Gasteiger partial charge in [0.25, 0.3) is 5.91 Å². The van der Waals surface area contributed by atoms with E-state index in [9.17, 15) is 4.79 Å². The fraction of sp³-hybridized carbons (Fsp3) is 0.235. The Kier molecular flexibility index (Phi) is 4.80. The first kappa shape index (κ1) is 14.6. The molecule has 0 unspecified atom stereocenters. The summed E-state index contributed by atoms with van der Waals surface area (Å²) in [6, 6.07) is 15.5. The van der Waals surface area contributed by atoms with Crippen molar-refractivity contribution in [2.45, 2.75) is 25.8 Å². The van der Waals surface area contributed by atoms with Gasteiger partial charge in [0.1, 0.15) is 0 Å². The van der Waals surface area contributed by atoms with E-state index in [0.29, 0.717) is 11.4 Å². The van der Waals surface area contributed by atoms with Crippen molar-refractivity contribution < 1.29 is 4.79 Å². The Morgan fingerprint density at radius 2 is 1.70 bits per heavy atom. The second-order valence-electron chi connectivity index (χ2n) is 4.94. The molecular weight excluding hydrogens is 270 g/mol. The molecule has 0 radical (unpaired) electrons. The number of halogens is 1. The topological polar surface area (TPSA) is 29.1 Å². The number of nitrogens with one attached hydrogen (secondary N) is 1. The molecule has 2 nitrogen and oxygen atoms in total. The van der Waals surface area contributed by atoms with Crippen LogP contribution in [-0.4, -0.2) is 5.91 Å². The second kappa shape index (κ2) is 6.58. The highest BCUT2D eigenvalue weighted by atomic mass is 35.5. The predicted molar refractivity (Wildman–Crippen MR) is 83.1 cm³/mol. The van der Waals surface area contributed by atoms with Crippen molar-refractivity contribution in [3.05, 3.63) is 70.8 Å². The van der Waals surface area contributed by atoms with Crippen molar-refractivity contribution in [1.82, 2.24) is 5.32 Å². The van der Waals surface area contributed by atoms with Gasteiger partial charge in [-0.25, -0.2) is 0 Å². The summed E-state index contributed by atoms with van der Waals surface area (Å²) in [6.45, 7) is 4.03. The van der Waals surface area contributed by atoms with Crippen LogP contribution in [0.4, 0.5) is 0 Å². The van der Waals surface area contributed by atoms with Gasteiger partial charge < -0.3 is 5.32 Å². The monoisotopic (exact) mass is 287 g/mol. The van der Waals surface area contributed by atoms with Crippen molar-refractivity contribution in [2.75, 3.05) is 0 Å².